The van der Waals surface area contributed by atoms with Gasteiger partial charge in [0.1, 0.15) is 0 Å². The topological polar surface area (TPSA) is 46.2 Å². The van der Waals surface area contributed by atoms with E-state index in [1.807, 2.05) is 0 Å². The number of hydrogen-bond acceptors (Lipinski definition) is 2. The van der Waals surface area contributed by atoms with Crippen molar-refractivity contribution in [3.8, 4) is 5.75 Å². The molecule has 1 rings (SSSR count). The van der Waals surface area contributed by atoms with Crippen LogP contribution >= 0.6 is 0 Å². The number of hydrogen-bond donors (Lipinski definition) is 2. The first-order valence-electron chi connectivity index (χ1n) is 3.55. The number of rotatable bonds is 2. The molecule has 0 saturated heterocycles. The van der Waals surface area contributed by atoms with Gasteiger partial charge >= 0.3 is 0 Å². The van der Waals surface area contributed by atoms with E-state index in [0.29, 0.717) is 0 Å². The number of nitrogens with two attached hydrogens (primary N) is 1. The van der Waals surface area contributed by atoms with Crippen LogP contribution in [0.25, 0.3) is 0 Å². The Hall–Kier alpha value is -1.23. The van der Waals surface area contributed by atoms with Crippen molar-refractivity contribution < 1.29 is 18.3 Å². The van der Waals surface area contributed by atoms with E-state index in [2.05, 4.69) is 0 Å². The van der Waals surface area contributed by atoms with Crippen LogP contribution < -0.4 is 5.73 Å². The van der Waals surface area contributed by atoms with E-state index in [1.165, 1.54) is 6.07 Å². The van der Waals surface area contributed by atoms with Crippen molar-refractivity contribution in [1.82, 2.24) is 0 Å². The normalized spacial score (nSPS) is 13.3. The van der Waals surface area contributed by atoms with Gasteiger partial charge in [0.2, 0.25) is 0 Å². The lowest BCUT2D eigenvalue weighted by atomic mass is 10.1. The minimum atomic E-state index is -2.83. The third-order valence-corrected chi connectivity index (χ3v) is 1.65. The molecule has 0 saturated carbocycles. The Bertz CT molecular complexity index is 303. The molecular weight excluding hydrogens is 183 g/mol. The molecule has 0 unspecified atom stereocenters. The maximum atomic E-state index is 12.7. The van der Waals surface area contributed by atoms with Crippen molar-refractivity contribution >= 4 is 0 Å². The molecule has 0 radical (unpaired) electrons. The summed E-state index contributed by atoms with van der Waals surface area (Å²) in [5.41, 5.74) is 4.75. The molecule has 72 valence electrons. The van der Waals surface area contributed by atoms with Crippen LogP contribution in [-0.2, 0) is 0 Å². The predicted octanol–water partition coefficient (Wildman–Crippen LogP) is 1.80. The molecule has 0 aliphatic rings. The van der Waals surface area contributed by atoms with E-state index in [4.69, 9.17) is 10.8 Å². The molecule has 1 atom stereocenters. The molecule has 1 aromatic rings. The zero-order valence-electron chi connectivity index (χ0n) is 6.55. The quantitative estimate of drug-likeness (QED) is 0.748. The van der Waals surface area contributed by atoms with Crippen LogP contribution in [0.15, 0.2) is 18.2 Å². The van der Waals surface area contributed by atoms with Crippen LogP contribution in [0.5, 0.6) is 5.75 Å². The molecule has 0 spiro atoms. The highest BCUT2D eigenvalue weighted by molar-refractivity contribution is 5.36. The lowest BCUT2D eigenvalue weighted by molar-refractivity contribution is 0.115. The molecule has 2 nitrogen and oxygen atoms in total. The Kier molecular flexibility index (Phi) is 2.77. The Balaban J connectivity index is 3.07. The third kappa shape index (κ3) is 1.92. The number of aromatic hydroxyl groups is 1. The Morgan fingerprint density at radius 2 is 1.92 bits per heavy atom. The predicted molar refractivity (Wildman–Crippen MR) is 41.0 cm³/mol. The second-order valence-corrected chi connectivity index (χ2v) is 2.54. The molecule has 0 aliphatic heterocycles. The van der Waals surface area contributed by atoms with Gasteiger partial charge in [-0.3, -0.25) is 0 Å². The van der Waals surface area contributed by atoms with Gasteiger partial charge < -0.3 is 10.8 Å². The Labute approximate surface area is 72.8 Å². The number of halogens is 3. The summed E-state index contributed by atoms with van der Waals surface area (Å²) < 4.78 is 36.8. The monoisotopic (exact) mass is 191 g/mol. The van der Waals surface area contributed by atoms with Crippen molar-refractivity contribution in [2.24, 2.45) is 5.73 Å². The van der Waals surface area contributed by atoms with Crippen LogP contribution in [0.1, 0.15) is 11.6 Å². The minimum absolute atomic E-state index is 0.282. The molecule has 1 aromatic carbocycles. The lowest BCUT2D eigenvalue weighted by Gasteiger charge is -2.12. The molecule has 0 aliphatic carbocycles. The van der Waals surface area contributed by atoms with Gasteiger partial charge in [0.05, 0.1) is 6.04 Å². The van der Waals surface area contributed by atoms with Crippen molar-refractivity contribution in [3.05, 3.63) is 29.6 Å². The number of alkyl halides is 2. The molecule has 0 heterocycles. The van der Waals surface area contributed by atoms with Gasteiger partial charge in [0.15, 0.2) is 11.6 Å². The van der Waals surface area contributed by atoms with Gasteiger partial charge in [0, 0.05) is 5.56 Å². The molecule has 5 heteroatoms. The van der Waals surface area contributed by atoms with Gasteiger partial charge in [-0.15, -0.1) is 0 Å². The highest BCUT2D eigenvalue weighted by atomic mass is 19.3. The summed E-state index contributed by atoms with van der Waals surface area (Å²) in [6, 6.07) is 1.69. The van der Waals surface area contributed by atoms with E-state index in [1.54, 1.807) is 0 Å². The van der Waals surface area contributed by atoms with Crippen molar-refractivity contribution in [3.63, 3.8) is 0 Å². The number of benzene rings is 1. The van der Waals surface area contributed by atoms with Crippen LogP contribution in [0.4, 0.5) is 13.2 Å². The van der Waals surface area contributed by atoms with Gasteiger partial charge in [-0.05, 0) is 6.07 Å². The fourth-order valence-electron chi connectivity index (χ4n) is 0.937. The first-order chi connectivity index (χ1) is 6.04. The summed E-state index contributed by atoms with van der Waals surface area (Å²) in [5, 5.41) is 9.03. The Morgan fingerprint density at radius 1 is 1.31 bits per heavy atom. The molecule has 0 bridgehead atoms. The van der Waals surface area contributed by atoms with Gasteiger partial charge in [0.25, 0.3) is 6.43 Å². The van der Waals surface area contributed by atoms with E-state index < -0.39 is 24.0 Å². The van der Waals surface area contributed by atoms with Crippen molar-refractivity contribution in [1.29, 1.82) is 0 Å². The largest absolute Gasteiger partial charge is 0.505 e. The maximum absolute atomic E-state index is 12.7. The summed E-state index contributed by atoms with van der Waals surface area (Å²) in [6.45, 7) is 0. The summed E-state index contributed by atoms with van der Waals surface area (Å²) in [6.07, 6.45) is -2.83. The Morgan fingerprint density at radius 3 is 2.46 bits per heavy atom. The number of phenols is 1. The van der Waals surface area contributed by atoms with Crippen molar-refractivity contribution in [2.75, 3.05) is 0 Å². The maximum Gasteiger partial charge on any atom is 0.257 e. The molecular formula is C8H8F3NO. The second-order valence-electron chi connectivity index (χ2n) is 2.54. The molecule has 0 fully saturated rings. The third-order valence-electron chi connectivity index (χ3n) is 1.65. The first-order valence-corrected chi connectivity index (χ1v) is 3.55. The van der Waals surface area contributed by atoms with Crippen LogP contribution in [0.2, 0.25) is 0 Å². The van der Waals surface area contributed by atoms with E-state index >= 15 is 0 Å². The fourth-order valence-corrected chi connectivity index (χ4v) is 0.937. The van der Waals surface area contributed by atoms with Gasteiger partial charge in [-0.1, -0.05) is 12.1 Å². The molecule has 13 heavy (non-hydrogen) atoms. The van der Waals surface area contributed by atoms with Crippen LogP contribution in [0.3, 0.4) is 0 Å². The minimum Gasteiger partial charge on any atom is -0.505 e. The second kappa shape index (κ2) is 3.66. The fraction of sp³-hybridized carbons (Fsp3) is 0.250. The number of para-hydroxylation sites is 1. The zero-order chi connectivity index (χ0) is 10.0. The van der Waals surface area contributed by atoms with Crippen molar-refractivity contribution in [2.45, 2.75) is 12.5 Å². The smallest absolute Gasteiger partial charge is 0.257 e. The number of phenolic OH excluding ortho intramolecular Hbond substituents is 1. The highest BCUT2D eigenvalue weighted by Crippen LogP contribution is 2.28. The molecule has 0 amide bonds. The lowest BCUT2D eigenvalue weighted by Crippen LogP contribution is -2.19. The zero-order valence-corrected chi connectivity index (χ0v) is 6.55. The standard InChI is InChI=1S/C8H8F3NO/c9-5-3-1-2-4(7(5)13)6(12)8(10)11/h1-3,6,8,13H,12H2/t6-/m1/s1. The van der Waals surface area contributed by atoms with Crippen LogP contribution in [0, 0.1) is 5.82 Å². The van der Waals surface area contributed by atoms with Gasteiger partial charge in [-0.25, -0.2) is 13.2 Å². The summed E-state index contributed by atoms with van der Waals surface area (Å²) in [5.74, 6) is -1.76. The summed E-state index contributed by atoms with van der Waals surface area (Å²) in [7, 11) is 0. The summed E-state index contributed by atoms with van der Waals surface area (Å²) in [4.78, 5) is 0. The SMILES string of the molecule is N[C@H](c1cccc(F)c1O)C(F)F. The van der Waals surface area contributed by atoms with E-state index in [9.17, 15) is 13.2 Å². The summed E-state index contributed by atoms with van der Waals surface area (Å²) >= 11 is 0. The van der Waals surface area contributed by atoms with Gasteiger partial charge in [-0.2, -0.15) is 0 Å². The van der Waals surface area contributed by atoms with Crippen LogP contribution in [-0.4, -0.2) is 11.5 Å². The average Bonchev–Trinajstić information content (AvgIpc) is 2.08. The molecule has 3 N–H and O–H groups in total. The van der Waals surface area contributed by atoms with E-state index in [-0.39, 0.29) is 5.56 Å². The van der Waals surface area contributed by atoms with E-state index in [0.717, 1.165) is 12.1 Å². The first kappa shape index (κ1) is 9.85. The highest BCUT2D eigenvalue weighted by Gasteiger charge is 2.21. The average molecular weight is 191 g/mol. The molecule has 0 aromatic heterocycles.